The second kappa shape index (κ2) is 12.4. The van der Waals surface area contributed by atoms with E-state index in [1.54, 1.807) is 0 Å². The number of ether oxygens (including phenoxy) is 2. The number of hydrogen-bond donors (Lipinski definition) is 2. The van der Waals surface area contributed by atoms with Gasteiger partial charge >= 0.3 is 5.97 Å². The standard InChI is InChI=1S/C30H41N3O4/c1-21-10-13-25(27-9-6-18-37-27)26(19-21)28(30(34)35)33-16-14-24(20-33)36-17-4-2-3-8-23-12-11-22-7-5-15-31-29(22)32-23/h10-13,19,24,27-28H,2-9,14-18,20H2,1H3,(H,31,32)(H,34,35)/t24-,27-,28-/m1/s1. The van der Waals surface area contributed by atoms with E-state index in [0.717, 1.165) is 100 Å². The van der Waals surface area contributed by atoms with Gasteiger partial charge in [0.15, 0.2) is 0 Å². The van der Waals surface area contributed by atoms with Crippen LogP contribution in [0.25, 0.3) is 0 Å². The third-order valence-corrected chi connectivity index (χ3v) is 7.97. The summed E-state index contributed by atoms with van der Waals surface area (Å²) in [6.45, 7) is 5.90. The zero-order chi connectivity index (χ0) is 25.6. The lowest BCUT2D eigenvalue weighted by atomic mass is 9.92. The summed E-state index contributed by atoms with van der Waals surface area (Å²) >= 11 is 0. The summed E-state index contributed by atoms with van der Waals surface area (Å²) in [5, 5.41) is 13.6. The maximum Gasteiger partial charge on any atom is 0.325 e. The summed E-state index contributed by atoms with van der Waals surface area (Å²) in [6, 6.07) is 9.91. The fraction of sp³-hybridized carbons (Fsp3) is 0.600. The van der Waals surface area contributed by atoms with E-state index in [2.05, 4.69) is 34.5 Å². The Bertz CT molecular complexity index is 1070. The third kappa shape index (κ3) is 6.51. The number of nitrogens with zero attached hydrogens (tertiary/aromatic N) is 2. The minimum Gasteiger partial charge on any atom is -0.480 e. The Balaban J connectivity index is 1.08. The van der Waals surface area contributed by atoms with Gasteiger partial charge in [0.25, 0.3) is 0 Å². The number of anilines is 1. The van der Waals surface area contributed by atoms with Crippen LogP contribution in [0.3, 0.4) is 0 Å². The fourth-order valence-corrected chi connectivity index (χ4v) is 6.00. The predicted molar refractivity (Wildman–Crippen MR) is 144 cm³/mol. The molecule has 3 atom stereocenters. The summed E-state index contributed by atoms with van der Waals surface area (Å²) < 4.78 is 12.1. The molecule has 2 N–H and O–H groups in total. The molecule has 0 amide bonds. The summed E-state index contributed by atoms with van der Waals surface area (Å²) in [7, 11) is 0. The molecule has 2 aromatic rings. The van der Waals surface area contributed by atoms with E-state index < -0.39 is 12.0 Å². The van der Waals surface area contributed by atoms with Gasteiger partial charge in [-0.05, 0) is 81.0 Å². The summed E-state index contributed by atoms with van der Waals surface area (Å²) in [5.74, 6) is 0.280. The number of hydrogen-bond acceptors (Lipinski definition) is 6. The number of carboxylic acid groups (broad SMARTS) is 1. The molecule has 2 saturated heterocycles. The van der Waals surface area contributed by atoms with Crippen LogP contribution in [-0.2, 0) is 27.1 Å². The zero-order valence-corrected chi connectivity index (χ0v) is 22.1. The normalized spacial score (nSPS) is 22.5. The quantitative estimate of drug-likeness (QED) is 0.403. The van der Waals surface area contributed by atoms with Gasteiger partial charge in [0.2, 0.25) is 0 Å². The lowest BCUT2D eigenvalue weighted by molar-refractivity contribution is -0.143. The summed E-state index contributed by atoms with van der Waals surface area (Å²) in [6.07, 6.45) is 9.47. The number of carbonyl (C=O) groups is 1. The number of aryl methyl sites for hydroxylation is 3. The number of carboxylic acids is 1. The number of fused-ring (bicyclic) bond motifs is 1. The van der Waals surface area contributed by atoms with E-state index in [1.165, 1.54) is 17.7 Å². The Morgan fingerprint density at radius 2 is 2.14 bits per heavy atom. The van der Waals surface area contributed by atoms with Crippen molar-refractivity contribution in [2.75, 3.05) is 38.2 Å². The number of aromatic nitrogens is 1. The number of pyridine rings is 1. The van der Waals surface area contributed by atoms with Crippen molar-refractivity contribution >= 4 is 11.8 Å². The topological polar surface area (TPSA) is 83.9 Å². The molecule has 0 radical (unpaired) electrons. The first-order chi connectivity index (χ1) is 18.1. The third-order valence-electron chi connectivity index (χ3n) is 7.97. The Labute approximate surface area is 220 Å². The number of aliphatic carboxylic acids is 1. The molecule has 2 fully saturated rings. The van der Waals surface area contributed by atoms with Gasteiger partial charge < -0.3 is 19.9 Å². The molecule has 7 heteroatoms. The van der Waals surface area contributed by atoms with Crippen molar-refractivity contribution in [1.29, 1.82) is 0 Å². The van der Waals surface area contributed by atoms with Crippen LogP contribution in [0.15, 0.2) is 30.3 Å². The largest absolute Gasteiger partial charge is 0.480 e. The van der Waals surface area contributed by atoms with Crippen molar-refractivity contribution in [1.82, 2.24) is 9.88 Å². The second-order valence-electron chi connectivity index (χ2n) is 10.8. The SMILES string of the molecule is Cc1ccc([C@H]2CCCO2)c([C@H](C(=O)O)N2CC[C@@H](OCCCCCc3ccc4c(n3)NCCC4)C2)c1. The number of likely N-dealkylation sites (tertiary alicyclic amines) is 1. The average molecular weight is 508 g/mol. The molecule has 0 saturated carbocycles. The molecule has 0 bridgehead atoms. The van der Waals surface area contributed by atoms with Gasteiger partial charge in [-0.15, -0.1) is 0 Å². The molecule has 4 heterocycles. The minimum atomic E-state index is -0.795. The molecular formula is C30H41N3O4. The monoisotopic (exact) mass is 507 g/mol. The molecule has 37 heavy (non-hydrogen) atoms. The molecule has 0 spiro atoms. The second-order valence-corrected chi connectivity index (χ2v) is 10.8. The van der Waals surface area contributed by atoms with E-state index in [1.807, 2.05) is 13.0 Å². The Morgan fingerprint density at radius 3 is 2.97 bits per heavy atom. The lowest BCUT2D eigenvalue weighted by Gasteiger charge is -2.28. The Morgan fingerprint density at radius 1 is 1.22 bits per heavy atom. The minimum absolute atomic E-state index is 0.000122. The maximum atomic E-state index is 12.5. The fourth-order valence-electron chi connectivity index (χ4n) is 6.00. The van der Waals surface area contributed by atoms with Crippen molar-refractivity contribution in [3.05, 3.63) is 58.3 Å². The van der Waals surface area contributed by atoms with Crippen molar-refractivity contribution in [2.45, 2.75) is 83.0 Å². The maximum absolute atomic E-state index is 12.5. The van der Waals surface area contributed by atoms with E-state index in [0.29, 0.717) is 6.54 Å². The number of benzene rings is 1. The van der Waals surface area contributed by atoms with Gasteiger partial charge in [-0.2, -0.15) is 0 Å². The Hall–Kier alpha value is -2.48. The molecule has 200 valence electrons. The highest BCUT2D eigenvalue weighted by Gasteiger charge is 2.36. The van der Waals surface area contributed by atoms with Gasteiger partial charge in [-0.3, -0.25) is 9.69 Å². The first-order valence-electron chi connectivity index (χ1n) is 14.1. The molecule has 1 aromatic carbocycles. The highest BCUT2D eigenvalue weighted by molar-refractivity contribution is 5.76. The van der Waals surface area contributed by atoms with Gasteiger partial charge in [-0.25, -0.2) is 4.98 Å². The number of nitrogens with one attached hydrogen (secondary N) is 1. The zero-order valence-electron chi connectivity index (χ0n) is 22.1. The van der Waals surface area contributed by atoms with Gasteiger partial charge in [-0.1, -0.05) is 36.2 Å². The van der Waals surface area contributed by atoms with Crippen LogP contribution in [0, 0.1) is 6.92 Å². The van der Waals surface area contributed by atoms with E-state index >= 15 is 0 Å². The smallest absolute Gasteiger partial charge is 0.325 e. The molecular weight excluding hydrogens is 466 g/mol. The average Bonchev–Trinajstić information content (AvgIpc) is 3.59. The van der Waals surface area contributed by atoms with Crippen molar-refractivity contribution in [2.24, 2.45) is 0 Å². The van der Waals surface area contributed by atoms with Crippen LogP contribution < -0.4 is 5.32 Å². The molecule has 3 aliphatic heterocycles. The predicted octanol–water partition coefficient (Wildman–Crippen LogP) is 5.23. The summed E-state index contributed by atoms with van der Waals surface area (Å²) in [5.41, 5.74) is 5.50. The van der Waals surface area contributed by atoms with E-state index in [4.69, 9.17) is 14.5 Å². The van der Waals surface area contributed by atoms with Crippen molar-refractivity contribution < 1.29 is 19.4 Å². The first-order valence-corrected chi connectivity index (χ1v) is 14.1. The van der Waals surface area contributed by atoms with Crippen LogP contribution in [-0.4, -0.2) is 59.9 Å². The van der Waals surface area contributed by atoms with Crippen LogP contribution in [0.4, 0.5) is 5.82 Å². The van der Waals surface area contributed by atoms with Crippen LogP contribution in [0.1, 0.15) is 85.0 Å². The number of unbranched alkanes of at least 4 members (excludes halogenated alkanes) is 2. The van der Waals surface area contributed by atoms with Crippen LogP contribution in [0.2, 0.25) is 0 Å². The lowest BCUT2D eigenvalue weighted by Crippen LogP contribution is -2.34. The molecule has 3 aliphatic rings. The molecule has 7 nitrogen and oxygen atoms in total. The van der Waals surface area contributed by atoms with Gasteiger partial charge in [0.05, 0.1) is 12.2 Å². The van der Waals surface area contributed by atoms with Gasteiger partial charge in [0, 0.05) is 38.5 Å². The molecule has 0 unspecified atom stereocenters. The summed E-state index contributed by atoms with van der Waals surface area (Å²) in [4.78, 5) is 19.3. The molecule has 0 aliphatic carbocycles. The van der Waals surface area contributed by atoms with Crippen LogP contribution >= 0.6 is 0 Å². The highest BCUT2D eigenvalue weighted by atomic mass is 16.5. The van der Waals surface area contributed by atoms with Crippen molar-refractivity contribution in [3.63, 3.8) is 0 Å². The first kappa shape index (κ1) is 26.1. The van der Waals surface area contributed by atoms with E-state index in [9.17, 15) is 9.90 Å². The highest BCUT2D eigenvalue weighted by Crippen LogP contribution is 2.37. The molecule has 1 aromatic heterocycles. The Kier molecular flexibility index (Phi) is 8.74. The van der Waals surface area contributed by atoms with Crippen molar-refractivity contribution in [3.8, 4) is 0 Å². The molecule has 5 rings (SSSR count). The number of rotatable bonds is 11. The van der Waals surface area contributed by atoms with E-state index in [-0.39, 0.29) is 12.2 Å². The van der Waals surface area contributed by atoms with Crippen LogP contribution in [0.5, 0.6) is 0 Å². The van der Waals surface area contributed by atoms with Gasteiger partial charge in [0.1, 0.15) is 11.9 Å².